The monoisotopic (exact) mass is 431 g/mol. The Bertz CT molecular complexity index is 1210. The zero-order valence-corrected chi connectivity index (χ0v) is 17.7. The molecule has 2 aliphatic heterocycles. The Kier molecular flexibility index (Phi) is 5.34. The maximum atomic E-state index is 7.35. The predicted molar refractivity (Wildman–Crippen MR) is 124 cm³/mol. The molecule has 0 atom stereocenters. The van der Waals surface area contributed by atoms with E-state index in [0.717, 1.165) is 60.8 Å². The predicted octanol–water partition coefficient (Wildman–Crippen LogP) is 3.01. The number of benzene rings is 1. The minimum atomic E-state index is 0.248. The van der Waals surface area contributed by atoms with Gasteiger partial charge in [0.1, 0.15) is 17.8 Å². The molecule has 1 aromatic carbocycles. The largest absolute Gasteiger partial charge is 0.381 e. The lowest BCUT2D eigenvalue weighted by Gasteiger charge is -2.32. The van der Waals surface area contributed by atoms with E-state index in [1.807, 2.05) is 10.6 Å². The van der Waals surface area contributed by atoms with Gasteiger partial charge >= 0.3 is 0 Å². The number of hydrogen-bond acceptors (Lipinski definition) is 8. The van der Waals surface area contributed by atoms with Crippen molar-refractivity contribution in [3.8, 4) is 5.95 Å². The van der Waals surface area contributed by atoms with Crippen molar-refractivity contribution in [1.82, 2.24) is 19.5 Å². The number of rotatable bonds is 6. The summed E-state index contributed by atoms with van der Waals surface area (Å²) in [4.78, 5) is 19.9. The van der Waals surface area contributed by atoms with Crippen LogP contribution in [0.3, 0.4) is 0 Å². The fourth-order valence-corrected chi connectivity index (χ4v) is 4.17. The van der Waals surface area contributed by atoms with Gasteiger partial charge in [0.05, 0.1) is 17.6 Å². The van der Waals surface area contributed by atoms with Gasteiger partial charge in [-0.1, -0.05) is 12.6 Å². The van der Waals surface area contributed by atoms with E-state index in [2.05, 4.69) is 31.9 Å². The van der Waals surface area contributed by atoms with Crippen molar-refractivity contribution in [2.45, 2.75) is 25.3 Å². The summed E-state index contributed by atoms with van der Waals surface area (Å²) in [7, 11) is 0. The molecule has 1 saturated heterocycles. The van der Waals surface area contributed by atoms with Gasteiger partial charge in [-0.3, -0.25) is 4.57 Å². The van der Waals surface area contributed by atoms with Crippen LogP contribution in [0.25, 0.3) is 21.8 Å². The summed E-state index contributed by atoms with van der Waals surface area (Å²) in [5.74, 6) is 2.74. The molecule has 0 radical (unpaired) electrons. The molecule has 0 amide bonds. The highest BCUT2D eigenvalue weighted by Crippen LogP contribution is 2.42. The fraction of sp³-hybridized carbons (Fsp3) is 0.364. The summed E-state index contributed by atoms with van der Waals surface area (Å²) >= 11 is 0. The standard InChI is InChI=1S/C22H25N9O/c1-14-27-19-20(25-9-3-8-23)28-22(29-21(19)31(14)16-6-10-32-11-7-16)30-13-26-17-5-4-15(24-2)12-18(17)30/h4-5,12-13,16,27H,1,3,6-11,23H2,(H,25,28,29). The number of aromatic nitrogens is 4. The smallest absolute Gasteiger partial charge is 0.239 e. The van der Waals surface area contributed by atoms with Crippen LogP contribution >= 0.6 is 0 Å². The Morgan fingerprint density at radius 2 is 2.16 bits per heavy atom. The molecular weight excluding hydrogens is 406 g/mol. The number of hydrogen-bond donors (Lipinski definition) is 3. The van der Waals surface area contributed by atoms with Gasteiger partial charge in [-0.2, -0.15) is 9.97 Å². The third-order valence-corrected chi connectivity index (χ3v) is 5.77. The van der Waals surface area contributed by atoms with Crippen molar-refractivity contribution < 1.29 is 4.74 Å². The van der Waals surface area contributed by atoms with Crippen LogP contribution in [0.2, 0.25) is 0 Å². The fourth-order valence-electron chi connectivity index (χ4n) is 4.17. The molecule has 4 N–H and O–H groups in total. The second-order valence-electron chi connectivity index (χ2n) is 7.82. The van der Waals surface area contributed by atoms with Crippen LogP contribution in [-0.4, -0.2) is 51.9 Å². The van der Waals surface area contributed by atoms with E-state index >= 15 is 0 Å². The highest BCUT2D eigenvalue weighted by Gasteiger charge is 2.34. The summed E-state index contributed by atoms with van der Waals surface area (Å²) in [6.07, 6.45) is 4.32. The molecule has 10 nitrogen and oxygen atoms in total. The van der Waals surface area contributed by atoms with Gasteiger partial charge in [-0.15, -0.1) is 0 Å². The van der Waals surface area contributed by atoms with Crippen LogP contribution < -0.4 is 21.3 Å². The van der Waals surface area contributed by atoms with Crippen LogP contribution in [0.1, 0.15) is 19.3 Å². The van der Waals surface area contributed by atoms with E-state index in [-0.39, 0.29) is 6.04 Å². The molecule has 0 aliphatic carbocycles. The van der Waals surface area contributed by atoms with Crippen molar-refractivity contribution in [3.63, 3.8) is 0 Å². The second kappa shape index (κ2) is 8.45. The number of ether oxygens (including phenoxy) is 1. The average molecular weight is 432 g/mol. The molecule has 164 valence electrons. The van der Waals surface area contributed by atoms with Gasteiger partial charge < -0.3 is 26.0 Å². The van der Waals surface area contributed by atoms with Crippen molar-refractivity contribution >= 4 is 34.0 Å². The molecule has 10 heteroatoms. The van der Waals surface area contributed by atoms with Crippen LogP contribution in [0, 0.1) is 6.57 Å². The number of fused-ring (bicyclic) bond motifs is 2. The Balaban J connectivity index is 1.63. The summed E-state index contributed by atoms with van der Waals surface area (Å²) in [6.45, 7) is 14.3. The van der Waals surface area contributed by atoms with Gasteiger partial charge in [0.25, 0.3) is 0 Å². The van der Waals surface area contributed by atoms with Crippen LogP contribution in [-0.2, 0) is 4.74 Å². The maximum absolute atomic E-state index is 7.35. The molecular formula is C22H25N9O. The lowest BCUT2D eigenvalue weighted by atomic mass is 10.1. The molecule has 0 spiro atoms. The summed E-state index contributed by atoms with van der Waals surface area (Å²) in [5.41, 5.74) is 8.61. The Morgan fingerprint density at radius 3 is 2.94 bits per heavy atom. The molecule has 0 saturated carbocycles. The van der Waals surface area contributed by atoms with E-state index in [1.165, 1.54) is 0 Å². The van der Waals surface area contributed by atoms with E-state index < -0.39 is 0 Å². The molecule has 0 unspecified atom stereocenters. The van der Waals surface area contributed by atoms with E-state index in [9.17, 15) is 0 Å². The topological polar surface area (TPSA) is 111 Å². The number of anilines is 3. The molecule has 2 aromatic heterocycles. The van der Waals surface area contributed by atoms with Crippen LogP contribution in [0.4, 0.5) is 23.0 Å². The van der Waals surface area contributed by atoms with Crippen molar-refractivity contribution in [1.29, 1.82) is 0 Å². The minimum absolute atomic E-state index is 0.248. The summed E-state index contributed by atoms with van der Waals surface area (Å²) in [5, 5.41) is 6.77. The number of nitrogens with zero attached hydrogens (tertiary/aromatic N) is 6. The first-order chi connectivity index (χ1) is 15.7. The van der Waals surface area contributed by atoms with Crippen molar-refractivity contribution in [2.75, 3.05) is 41.8 Å². The first kappa shape index (κ1) is 20.2. The van der Waals surface area contributed by atoms with Gasteiger partial charge in [0.2, 0.25) is 5.95 Å². The van der Waals surface area contributed by atoms with Crippen molar-refractivity contribution in [2.24, 2.45) is 5.73 Å². The van der Waals surface area contributed by atoms with Crippen LogP contribution in [0.15, 0.2) is 36.9 Å². The summed E-state index contributed by atoms with van der Waals surface area (Å²) < 4.78 is 7.38. The first-order valence-electron chi connectivity index (χ1n) is 10.7. The SMILES string of the molecule is [C-]#[N+]c1ccc2ncn(-c3nc(NCCCN)c4c(n3)N(C3CCOCC3)C(=C)N4)c2c1. The zero-order valence-electron chi connectivity index (χ0n) is 17.7. The maximum Gasteiger partial charge on any atom is 0.239 e. The van der Waals surface area contributed by atoms with Crippen LogP contribution in [0.5, 0.6) is 0 Å². The molecule has 4 heterocycles. The van der Waals surface area contributed by atoms with Gasteiger partial charge in [-0.25, -0.2) is 9.83 Å². The Labute approximate surface area is 185 Å². The lowest BCUT2D eigenvalue weighted by molar-refractivity contribution is 0.0859. The van der Waals surface area contributed by atoms with E-state index in [4.69, 9.17) is 27.0 Å². The Hall–Kier alpha value is -3.68. The quantitative estimate of drug-likeness (QED) is 0.404. The lowest BCUT2D eigenvalue weighted by Crippen LogP contribution is -2.38. The molecule has 0 bridgehead atoms. The molecule has 2 aliphatic rings. The molecule has 32 heavy (non-hydrogen) atoms. The Morgan fingerprint density at radius 1 is 1.31 bits per heavy atom. The third-order valence-electron chi connectivity index (χ3n) is 5.77. The number of imidazole rings is 1. The molecule has 1 fully saturated rings. The normalized spacial score (nSPS) is 16.1. The average Bonchev–Trinajstić information content (AvgIpc) is 3.39. The summed E-state index contributed by atoms with van der Waals surface area (Å²) in [6, 6.07) is 5.65. The van der Waals surface area contributed by atoms with Gasteiger partial charge in [-0.05, 0) is 37.9 Å². The third kappa shape index (κ3) is 3.51. The van der Waals surface area contributed by atoms with E-state index in [1.54, 1.807) is 18.5 Å². The van der Waals surface area contributed by atoms with E-state index in [0.29, 0.717) is 30.5 Å². The highest BCUT2D eigenvalue weighted by molar-refractivity contribution is 5.87. The van der Waals surface area contributed by atoms with Gasteiger partial charge in [0, 0.05) is 25.8 Å². The number of nitrogens with two attached hydrogens (primary N) is 1. The van der Waals surface area contributed by atoms with Gasteiger partial charge in [0.15, 0.2) is 17.3 Å². The second-order valence-corrected chi connectivity index (χ2v) is 7.82. The first-order valence-corrected chi connectivity index (χ1v) is 10.7. The van der Waals surface area contributed by atoms with Crippen molar-refractivity contribution in [3.05, 3.63) is 48.3 Å². The molecule has 3 aromatic rings. The highest BCUT2D eigenvalue weighted by atomic mass is 16.5. The minimum Gasteiger partial charge on any atom is -0.381 e. The zero-order chi connectivity index (χ0) is 22.1. The molecule has 5 rings (SSSR count). The number of nitrogens with one attached hydrogen (secondary N) is 2.